The monoisotopic (exact) mass is 321 g/mol. The van der Waals surface area contributed by atoms with Gasteiger partial charge in [-0.2, -0.15) is 0 Å². The molecule has 1 fully saturated rings. The molecule has 0 spiro atoms. The second-order valence-electron chi connectivity index (χ2n) is 6.27. The molecule has 3 nitrogen and oxygen atoms in total. The van der Waals surface area contributed by atoms with Crippen LogP contribution in [0.2, 0.25) is 0 Å². The van der Waals surface area contributed by atoms with Gasteiger partial charge in [-0.15, -0.1) is 0 Å². The van der Waals surface area contributed by atoms with Gasteiger partial charge in [-0.3, -0.25) is 0 Å². The van der Waals surface area contributed by atoms with Crippen LogP contribution in [0.25, 0.3) is 0 Å². The fraction of sp³-hybridized carbons (Fsp3) is 0.286. The van der Waals surface area contributed by atoms with Crippen LogP contribution >= 0.6 is 0 Å². The first-order valence-electron chi connectivity index (χ1n) is 8.41. The lowest BCUT2D eigenvalue weighted by molar-refractivity contribution is -0.159. The van der Waals surface area contributed by atoms with Crippen molar-refractivity contribution in [1.82, 2.24) is 5.32 Å². The Morgan fingerprint density at radius 3 is 2.21 bits per heavy atom. The maximum atomic E-state index is 12.7. The molecule has 3 rings (SSSR count). The fourth-order valence-electron chi connectivity index (χ4n) is 3.19. The number of ether oxygens (including phenoxy) is 1. The lowest BCUT2D eigenvalue weighted by Crippen LogP contribution is -2.43. The summed E-state index contributed by atoms with van der Waals surface area (Å²) in [6.07, 6.45) is 2.07. The molecule has 0 unspecified atom stereocenters. The van der Waals surface area contributed by atoms with E-state index in [0.29, 0.717) is 12.0 Å². The predicted octanol–water partition coefficient (Wildman–Crippen LogP) is 3.61. The summed E-state index contributed by atoms with van der Waals surface area (Å²) in [6, 6.07) is 19.9. The minimum Gasteiger partial charge on any atom is -0.451 e. The zero-order valence-corrected chi connectivity index (χ0v) is 13.8. The highest BCUT2D eigenvalue weighted by atomic mass is 16.6. The maximum absolute atomic E-state index is 12.7. The van der Waals surface area contributed by atoms with Crippen molar-refractivity contribution in [1.29, 1.82) is 0 Å². The van der Waals surface area contributed by atoms with E-state index in [-0.39, 0.29) is 5.97 Å². The summed E-state index contributed by atoms with van der Waals surface area (Å²) in [7, 11) is 0. The minimum atomic E-state index is -0.552. The number of rotatable bonds is 5. The molecule has 3 heteroatoms. The average molecular weight is 321 g/mol. The Kier molecular flexibility index (Phi) is 5.11. The van der Waals surface area contributed by atoms with Gasteiger partial charge in [0, 0.05) is 24.8 Å². The first kappa shape index (κ1) is 16.5. The zero-order chi connectivity index (χ0) is 16.8. The van der Waals surface area contributed by atoms with Gasteiger partial charge in [-0.25, -0.2) is 4.79 Å². The number of piperidine rings is 1. The number of nitrogens with one attached hydrogen (secondary N) is 1. The normalized spacial score (nSPS) is 16.3. The second kappa shape index (κ2) is 7.45. The van der Waals surface area contributed by atoms with E-state index in [4.69, 9.17) is 4.74 Å². The Labute approximate surface area is 143 Å². The highest BCUT2D eigenvalue weighted by Gasteiger charge is 2.38. The molecule has 0 saturated carbocycles. The van der Waals surface area contributed by atoms with Crippen LogP contribution < -0.4 is 5.32 Å². The van der Waals surface area contributed by atoms with E-state index in [1.54, 1.807) is 0 Å². The molecule has 0 amide bonds. The lowest BCUT2D eigenvalue weighted by atomic mass is 9.84. The summed E-state index contributed by atoms with van der Waals surface area (Å²) < 4.78 is 6.02. The molecule has 0 radical (unpaired) electrons. The van der Waals surface area contributed by atoms with Gasteiger partial charge in [-0.05, 0) is 24.2 Å². The Balaban J connectivity index is 1.75. The molecule has 1 heterocycles. The Morgan fingerprint density at radius 1 is 1.00 bits per heavy atom. The molecule has 0 atom stereocenters. The number of carbonyl (C=O) groups excluding carboxylic acids is 1. The second-order valence-corrected chi connectivity index (χ2v) is 6.27. The van der Waals surface area contributed by atoms with Crippen LogP contribution in [0.4, 0.5) is 0 Å². The molecule has 1 N–H and O–H groups in total. The van der Waals surface area contributed by atoms with Crippen molar-refractivity contribution >= 4 is 5.97 Å². The number of carbonyl (C=O) groups is 1. The molecule has 2 aromatic carbocycles. The van der Waals surface area contributed by atoms with Crippen molar-refractivity contribution in [3.63, 3.8) is 0 Å². The highest BCUT2D eigenvalue weighted by Crippen LogP contribution is 2.35. The van der Waals surface area contributed by atoms with E-state index in [1.165, 1.54) is 0 Å². The number of hydrogen-bond acceptors (Lipinski definition) is 3. The summed E-state index contributed by atoms with van der Waals surface area (Å²) in [5.41, 5.74) is 2.07. The summed E-state index contributed by atoms with van der Waals surface area (Å²) in [5.74, 6) is -0.301. The third kappa shape index (κ3) is 3.74. The van der Waals surface area contributed by atoms with Gasteiger partial charge >= 0.3 is 5.97 Å². The van der Waals surface area contributed by atoms with Crippen LogP contribution in [0.15, 0.2) is 72.8 Å². The smallest absolute Gasteiger partial charge is 0.334 e. The van der Waals surface area contributed by atoms with Gasteiger partial charge in [0.15, 0.2) is 0 Å². The van der Waals surface area contributed by atoms with Crippen LogP contribution in [0.1, 0.15) is 24.0 Å². The zero-order valence-electron chi connectivity index (χ0n) is 13.8. The van der Waals surface area contributed by atoms with Crippen molar-refractivity contribution in [2.75, 3.05) is 13.1 Å². The summed E-state index contributed by atoms with van der Waals surface area (Å²) in [6.45, 7) is 5.63. The fourth-order valence-corrected chi connectivity index (χ4v) is 3.19. The summed E-state index contributed by atoms with van der Waals surface area (Å²) >= 11 is 0. The molecule has 0 aromatic heterocycles. The quantitative estimate of drug-likeness (QED) is 0.675. The van der Waals surface area contributed by atoms with Crippen LogP contribution in [-0.4, -0.2) is 19.1 Å². The van der Waals surface area contributed by atoms with Crippen LogP contribution in [-0.2, 0) is 21.6 Å². The molecule has 1 aliphatic heterocycles. The van der Waals surface area contributed by atoms with Crippen molar-refractivity contribution in [3.8, 4) is 0 Å². The first-order chi connectivity index (χ1) is 11.7. The van der Waals surface area contributed by atoms with Gasteiger partial charge in [0.2, 0.25) is 0 Å². The predicted molar refractivity (Wildman–Crippen MR) is 95.6 cm³/mol. The van der Waals surface area contributed by atoms with Gasteiger partial charge in [0.05, 0.1) is 0 Å². The minimum absolute atomic E-state index is 0.301. The largest absolute Gasteiger partial charge is 0.451 e. The Morgan fingerprint density at radius 2 is 1.58 bits per heavy atom. The van der Waals surface area contributed by atoms with Crippen LogP contribution in [0.3, 0.4) is 0 Å². The van der Waals surface area contributed by atoms with E-state index in [1.807, 2.05) is 60.7 Å². The van der Waals surface area contributed by atoms with Gasteiger partial charge in [0.25, 0.3) is 0 Å². The average Bonchev–Trinajstić information content (AvgIpc) is 2.64. The molecular weight excluding hydrogens is 298 g/mol. The third-order valence-electron chi connectivity index (χ3n) is 4.55. The van der Waals surface area contributed by atoms with Crippen molar-refractivity contribution in [3.05, 3.63) is 83.9 Å². The van der Waals surface area contributed by atoms with E-state index in [2.05, 4.69) is 11.9 Å². The van der Waals surface area contributed by atoms with E-state index < -0.39 is 5.60 Å². The summed E-state index contributed by atoms with van der Waals surface area (Å²) in [5, 5.41) is 3.34. The molecule has 0 aliphatic carbocycles. The molecule has 2 aromatic rings. The SMILES string of the molecule is C=C(Cc1ccccc1)C(=O)OC1(c2ccccc2)CCNCC1. The Hall–Kier alpha value is -2.39. The van der Waals surface area contributed by atoms with Crippen LogP contribution in [0, 0.1) is 0 Å². The molecule has 1 saturated heterocycles. The number of benzene rings is 2. The standard InChI is InChI=1S/C21H23NO2/c1-17(16-18-8-4-2-5-9-18)20(23)24-21(12-14-22-15-13-21)19-10-6-3-7-11-19/h2-11,22H,1,12-16H2. The van der Waals surface area contributed by atoms with Crippen LogP contribution in [0.5, 0.6) is 0 Å². The van der Waals surface area contributed by atoms with Crippen molar-refractivity contribution in [2.24, 2.45) is 0 Å². The summed E-state index contributed by atoms with van der Waals surface area (Å²) in [4.78, 5) is 12.7. The van der Waals surface area contributed by atoms with Crippen molar-refractivity contribution in [2.45, 2.75) is 24.9 Å². The van der Waals surface area contributed by atoms with Gasteiger partial charge in [0.1, 0.15) is 5.60 Å². The molecule has 24 heavy (non-hydrogen) atoms. The highest BCUT2D eigenvalue weighted by molar-refractivity contribution is 5.88. The first-order valence-corrected chi connectivity index (χ1v) is 8.41. The molecule has 1 aliphatic rings. The lowest BCUT2D eigenvalue weighted by Gasteiger charge is -2.37. The molecule has 124 valence electrons. The Bertz CT molecular complexity index is 688. The van der Waals surface area contributed by atoms with Gasteiger partial charge in [-0.1, -0.05) is 67.2 Å². The molecule has 0 bridgehead atoms. The topological polar surface area (TPSA) is 38.3 Å². The third-order valence-corrected chi connectivity index (χ3v) is 4.55. The number of hydrogen-bond donors (Lipinski definition) is 1. The van der Waals surface area contributed by atoms with E-state index >= 15 is 0 Å². The molecular formula is C21H23NO2. The van der Waals surface area contributed by atoms with Crippen molar-refractivity contribution < 1.29 is 9.53 Å². The van der Waals surface area contributed by atoms with E-state index in [9.17, 15) is 4.79 Å². The van der Waals surface area contributed by atoms with Gasteiger partial charge < -0.3 is 10.1 Å². The maximum Gasteiger partial charge on any atom is 0.334 e. The van der Waals surface area contributed by atoms with E-state index in [0.717, 1.165) is 37.1 Å². The number of esters is 1.